The van der Waals surface area contributed by atoms with Gasteiger partial charge in [0.2, 0.25) is 0 Å². The Bertz CT molecular complexity index is 677. The fourth-order valence-corrected chi connectivity index (χ4v) is 3.91. The van der Waals surface area contributed by atoms with Gasteiger partial charge < -0.3 is 10.2 Å². The normalized spacial score (nSPS) is 18.5. The quantitative estimate of drug-likeness (QED) is 0.876. The molecule has 1 fully saturated rings. The van der Waals surface area contributed by atoms with Gasteiger partial charge in [0.25, 0.3) is 0 Å². The van der Waals surface area contributed by atoms with Gasteiger partial charge in [0.1, 0.15) is 5.82 Å². The molecule has 0 spiro atoms. The number of anilines is 1. The van der Waals surface area contributed by atoms with Crippen LogP contribution >= 0.6 is 0 Å². The molecule has 3 rings (SSSR count). The van der Waals surface area contributed by atoms with E-state index in [1.54, 1.807) is 0 Å². The van der Waals surface area contributed by atoms with E-state index < -0.39 is 0 Å². The Hall–Kier alpha value is -1.85. The van der Waals surface area contributed by atoms with Crippen molar-refractivity contribution in [3.05, 3.63) is 47.2 Å². The lowest BCUT2D eigenvalue weighted by Crippen LogP contribution is -2.45. The van der Waals surface area contributed by atoms with E-state index in [-0.39, 0.29) is 0 Å². The highest BCUT2D eigenvalue weighted by atomic mass is 15.4. The van der Waals surface area contributed by atoms with Crippen LogP contribution in [0.1, 0.15) is 29.7 Å². The van der Waals surface area contributed by atoms with Crippen molar-refractivity contribution >= 4 is 5.82 Å². The number of nitrogens with one attached hydrogen (secondary N) is 1. The number of aryl methyl sites for hydroxylation is 2. The molecule has 0 saturated carbocycles. The maximum absolute atomic E-state index is 4.59. The summed E-state index contributed by atoms with van der Waals surface area (Å²) in [6, 6.07) is 11.3. The minimum absolute atomic E-state index is 0.548. The molecule has 1 N–H and O–H groups in total. The minimum Gasteiger partial charge on any atom is -0.363 e. The molecule has 25 heavy (non-hydrogen) atoms. The van der Waals surface area contributed by atoms with Crippen LogP contribution in [0.2, 0.25) is 0 Å². The molecule has 5 heteroatoms. The van der Waals surface area contributed by atoms with Crippen LogP contribution in [-0.4, -0.2) is 47.9 Å². The lowest BCUT2D eigenvalue weighted by Gasteiger charge is -2.33. The average Bonchev–Trinajstić information content (AvgIpc) is 2.88. The summed E-state index contributed by atoms with van der Waals surface area (Å²) < 4.78 is 1.98. The van der Waals surface area contributed by atoms with Crippen molar-refractivity contribution in [2.45, 2.75) is 38.9 Å². The summed E-state index contributed by atoms with van der Waals surface area (Å²) in [6.45, 7) is 6.35. The van der Waals surface area contributed by atoms with Gasteiger partial charge in [0.05, 0.1) is 5.69 Å². The lowest BCUT2D eigenvalue weighted by atomic mass is 10.0. The molecule has 0 radical (unpaired) electrons. The number of hydrogen-bond donors (Lipinski definition) is 1. The Labute approximate surface area is 151 Å². The van der Waals surface area contributed by atoms with Crippen molar-refractivity contribution in [1.29, 1.82) is 0 Å². The van der Waals surface area contributed by atoms with Gasteiger partial charge in [0.15, 0.2) is 0 Å². The summed E-state index contributed by atoms with van der Waals surface area (Å²) in [6.07, 6.45) is 2.51. The first-order chi connectivity index (χ1) is 12.0. The molecular weight excluding hydrogens is 310 g/mol. The molecule has 1 saturated heterocycles. The molecule has 0 amide bonds. The number of piperidine rings is 1. The number of likely N-dealkylation sites (tertiary alicyclic amines) is 1. The third-order valence-electron chi connectivity index (χ3n) is 5.06. The number of nitrogens with zero attached hydrogens (tertiary/aromatic N) is 4. The summed E-state index contributed by atoms with van der Waals surface area (Å²) in [5, 5.41) is 8.37. The van der Waals surface area contributed by atoms with E-state index in [0.717, 1.165) is 25.3 Å². The Morgan fingerprint density at radius 1 is 1.24 bits per heavy atom. The van der Waals surface area contributed by atoms with Gasteiger partial charge in [-0.05, 0) is 31.9 Å². The van der Waals surface area contributed by atoms with Crippen molar-refractivity contribution < 1.29 is 0 Å². The summed E-state index contributed by atoms with van der Waals surface area (Å²) in [5.74, 6) is 1.20. The zero-order valence-electron chi connectivity index (χ0n) is 16.0. The first-order valence-electron chi connectivity index (χ1n) is 9.24. The van der Waals surface area contributed by atoms with E-state index in [0.29, 0.717) is 6.04 Å². The smallest absolute Gasteiger partial charge is 0.130 e. The van der Waals surface area contributed by atoms with Gasteiger partial charge >= 0.3 is 0 Å². The Morgan fingerprint density at radius 3 is 2.72 bits per heavy atom. The number of benzene rings is 1. The molecule has 1 aliphatic rings. The highest BCUT2D eigenvalue weighted by molar-refractivity contribution is 5.48. The van der Waals surface area contributed by atoms with E-state index in [2.05, 4.69) is 71.6 Å². The second kappa shape index (κ2) is 8.02. The summed E-state index contributed by atoms with van der Waals surface area (Å²) in [4.78, 5) is 4.72. The molecule has 1 aliphatic heterocycles. The summed E-state index contributed by atoms with van der Waals surface area (Å²) in [7, 11) is 6.19. The van der Waals surface area contributed by atoms with Gasteiger partial charge in [-0.2, -0.15) is 5.10 Å². The van der Waals surface area contributed by atoms with Crippen LogP contribution in [0.5, 0.6) is 0 Å². The molecule has 1 unspecified atom stereocenters. The van der Waals surface area contributed by atoms with Crippen molar-refractivity contribution in [3.8, 4) is 0 Å². The van der Waals surface area contributed by atoms with E-state index >= 15 is 0 Å². The predicted molar refractivity (Wildman–Crippen MR) is 104 cm³/mol. The lowest BCUT2D eigenvalue weighted by molar-refractivity contribution is 0.182. The van der Waals surface area contributed by atoms with Crippen LogP contribution in [0, 0.1) is 6.92 Å². The second-order valence-electron chi connectivity index (χ2n) is 7.35. The van der Waals surface area contributed by atoms with Crippen LogP contribution in [-0.2, 0) is 20.1 Å². The van der Waals surface area contributed by atoms with Crippen molar-refractivity contribution in [3.63, 3.8) is 0 Å². The van der Waals surface area contributed by atoms with E-state index in [4.69, 9.17) is 0 Å². The van der Waals surface area contributed by atoms with Gasteiger partial charge in [-0.3, -0.25) is 9.58 Å². The zero-order chi connectivity index (χ0) is 17.8. The van der Waals surface area contributed by atoms with Crippen LogP contribution in [0.15, 0.2) is 30.3 Å². The Morgan fingerprint density at radius 2 is 2.00 bits per heavy atom. The second-order valence-corrected chi connectivity index (χ2v) is 7.35. The zero-order valence-corrected chi connectivity index (χ0v) is 16.0. The molecule has 1 atom stereocenters. The van der Waals surface area contributed by atoms with E-state index in [1.165, 1.54) is 36.3 Å². The van der Waals surface area contributed by atoms with Gasteiger partial charge in [-0.1, -0.05) is 30.3 Å². The molecule has 2 aromatic rings. The van der Waals surface area contributed by atoms with Gasteiger partial charge in [-0.25, -0.2) is 0 Å². The number of aromatic nitrogens is 2. The predicted octanol–water partition coefficient (Wildman–Crippen LogP) is 2.55. The molecule has 136 valence electrons. The first kappa shape index (κ1) is 18.0. The fourth-order valence-electron chi connectivity index (χ4n) is 3.91. The SMILES string of the molecule is Cc1nn(C)c(N(C)C)c1CNC1CCCN(Cc2ccccc2)C1. The van der Waals surface area contributed by atoms with E-state index in [9.17, 15) is 0 Å². The summed E-state index contributed by atoms with van der Waals surface area (Å²) >= 11 is 0. The highest BCUT2D eigenvalue weighted by Gasteiger charge is 2.21. The number of rotatable bonds is 6. The molecule has 5 nitrogen and oxygen atoms in total. The third kappa shape index (κ3) is 4.41. The largest absolute Gasteiger partial charge is 0.363 e. The van der Waals surface area contributed by atoms with Crippen molar-refractivity contribution in [2.75, 3.05) is 32.1 Å². The molecule has 0 bridgehead atoms. The average molecular weight is 342 g/mol. The standard InChI is InChI=1S/C20H31N5/c1-16-19(20(23(2)3)24(4)22-16)13-21-18-11-8-12-25(15-18)14-17-9-6-5-7-10-17/h5-7,9-10,18,21H,8,11-15H2,1-4H3. The molecule has 1 aromatic heterocycles. The third-order valence-corrected chi connectivity index (χ3v) is 5.06. The van der Waals surface area contributed by atoms with Crippen molar-refractivity contribution in [1.82, 2.24) is 20.0 Å². The molecule has 1 aromatic carbocycles. The highest BCUT2D eigenvalue weighted by Crippen LogP contribution is 2.22. The van der Waals surface area contributed by atoms with Gasteiger partial charge in [-0.15, -0.1) is 0 Å². The Balaban J connectivity index is 1.58. The monoisotopic (exact) mass is 341 g/mol. The fraction of sp³-hybridized carbons (Fsp3) is 0.550. The van der Waals surface area contributed by atoms with Crippen LogP contribution < -0.4 is 10.2 Å². The maximum Gasteiger partial charge on any atom is 0.130 e. The van der Waals surface area contributed by atoms with Crippen molar-refractivity contribution in [2.24, 2.45) is 7.05 Å². The molecule has 2 heterocycles. The van der Waals surface area contributed by atoms with Gasteiger partial charge in [0, 0.05) is 52.4 Å². The van der Waals surface area contributed by atoms with Crippen LogP contribution in [0.3, 0.4) is 0 Å². The summed E-state index contributed by atoms with van der Waals surface area (Å²) in [5.41, 5.74) is 3.84. The van der Waals surface area contributed by atoms with Crippen LogP contribution in [0.25, 0.3) is 0 Å². The van der Waals surface area contributed by atoms with Crippen LogP contribution in [0.4, 0.5) is 5.82 Å². The molecular formula is C20H31N5. The first-order valence-corrected chi connectivity index (χ1v) is 9.24. The molecule has 0 aliphatic carbocycles. The Kier molecular flexibility index (Phi) is 5.76. The number of hydrogen-bond acceptors (Lipinski definition) is 4. The van der Waals surface area contributed by atoms with E-state index in [1.807, 2.05) is 11.7 Å². The minimum atomic E-state index is 0.548. The maximum atomic E-state index is 4.59. The topological polar surface area (TPSA) is 36.3 Å².